The fourth-order valence-corrected chi connectivity index (χ4v) is 4.06. The molecule has 24 heavy (non-hydrogen) atoms. The summed E-state index contributed by atoms with van der Waals surface area (Å²) in [5.41, 5.74) is 1.53. The van der Waals surface area contributed by atoms with Gasteiger partial charge in [-0.15, -0.1) is 0 Å². The minimum Gasteiger partial charge on any atom is -0.377 e. The Balaban J connectivity index is 1.30. The number of likely N-dealkylation sites (tertiary alicyclic amines) is 1. The van der Waals surface area contributed by atoms with Crippen molar-refractivity contribution in [2.75, 3.05) is 19.7 Å². The average molecular weight is 326 g/mol. The van der Waals surface area contributed by atoms with E-state index in [4.69, 9.17) is 4.74 Å². The number of hydrogen-bond acceptors (Lipinski definition) is 4. The summed E-state index contributed by atoms with van der Waals surface area (Å²) in [6.45, 7) is 4.16. The second kappa shape index (κ2) is 6.65. The largest absolute Gasteiger partial charge is 0.377 e. The molecule has 4 heterocycles. The van der Waals surface area contributed by atoms with Crippen LogP contribution >= 0.6 is 0 Å². The molecule has 5 nitrogen and oxygen atoms in total. The Labute approximate surface area is 143 Å². The number of pyridine rings is 1. The molecule has 2 aromatic rings. The predicted octanol–water partition coefficient (Wildman–Crippen LogP) is 2.43. The van der Waals surface area contributed by atoms with Gasteiger partial charge in [0.05, 0.1) is 19.3 Å². The third-order valence-corrected chi connectivity index (χ3v) is 5.65. The molecule has 0 aliphatic carbocycles. The maximum Gasteiger partial charge on any atom is 0.122 e. The van der Waals surface area contributed by atoms with Crippen LogP contribution in [0.25, 0.3) is 0 Å². The zero-order valence-corrected chi connectivity index (χ0v) is 14.4. The Morgan fingerprint density at radius 2 is 2.08 bits per heavy atom. The van der Waals surface area contributed by atoms with Gasteiger partial charge in [0.1, 0.15) is 5.82 Å². The number of ether oxygens (including phenoxy) is 1. The molecular weight excluding hydrogens is 300 g/mol. The van der Waals surface area contributed by atoms with Gasteiger partial charge < -0.3 is 9.30 Å². The van der Waals surface area contributed by atoms with Crippen LogP contribution < -0.4 is 0 Å². The lowest BCUT2D eigenvalue weighted by molar-refractivity contribution is 0.0620. The van der Waals surface area contributed by atoms with Crippen molar-refractivity contribution in [3.8, 4) is 0 Å². The number of aryl methyl sites for hydroxylation is 1. The van der Waals surface area contributed by atoms with Crippen molar-refractivity contribution in [2.24, 2.45) is 12.5 Å². The van der Waals surface area contributed by atoms with Crippen LogP contribution in [0.1, 0.15) is 30.8 Å². The van der Waals surface area contributed by atoms with E-state index in [1.165, 1.54) is 19.3 Å². The smallest absolute Gasteiger partial charge is 0.122 e. The second-order valence-electron chi connectivity index (χ2n) is 7.39. The number of rotatable bonds is 4. The van der Waals surface area contributed by atoms with Crippen LogP contribution in [0.3, 0.4) is 0 Å². The van der Waals surface area contributed by atoms with E-state index in [1.54, 1.807) is 0 Å². The summed E-state index contributed by atoms with van der Waals surface area (Å²) >= 11 is 0. The molecule has 4 rings (SSSR count). The third-order valence-electron chi connectivity index (χ3n) is 5.65. The normalized spacial score (nSPS) is 23.8. The van der Waals surface area contributed by atoms with Gasteiger partial charge in [-0.1, -0.05) is 6.07 Å². The van der Waals surface area contributed by atoms with E-state index in [-0.39, 0.29) is 0 Å². The summed E-state index contributed by atoms with van der Waals surface area (Å²) in [5.74, 6) is 1.15. The molecule has 0 N–H and O–H groups in total. The molecule has 128 valence electrons. The van der Waals surface area contributed by atoms with E-state index >= 15 is 0 Å². The molecular formula is C19H26N4O. The minimum absolute atomic E-state index is 0.334. The molecule has 1 atom stereocenters. The molecule has 1 spiro atoms. The zero-order chi connectivity index (χ0) is 16.4. The van der Waals surface area contributed by atoms with Crippen LogP contribution in [-0.2, 0) is 24.8 Å². The first kappa shape index (κ1) is 15.8. The van der Waals surface area contributed by atoms with Crippen molar-refractivity contribution in [3.05, 3.63) is 48.3 Å². The average Bonchev–Trinajstić information content (AvgIpc) is 3.18. The van der Waals surface area contributed by atoms with E-state index < -0.39 is 0 Å². The molecule has 2 aliphatic heterocycles. The SMILES string of the molecule is Cn1ccnc1CN1CCC2(CC1)COC(Cc1ccccn1)C2. The number of piperidine rings is 1. The summed E-state index contributed by atoms with van der Waals surface area (Å²) in [6, 6.07) is 6.13. The zero-order valence-electron chi connectivity index (χ0n) is 14.4. The van der Waals surface area contributed by atoms with Crippen molar-refractivity contribution in [3.63, 3.8) is 0 Å². The first-order valence-corrected chi connectivity index (χ1v) is 8.93. The molecule has 2 fully saturated rings. The Hall–Kier alpha value is -1.72. The number of imidazole rings is 1. The fraction of sp³-hybridized carbons (Fsp3) is 0.579. The lowest BCUT2D eigenvalue weighted by atomic mass is 9.76. The number of nitrogens with zero attached hydrogens (tertiary/aromatic N) is 4. The quantitative estimate of drug-likeness (QED) is 0.865. The molecule has 2 aromatic heterocycles. The van der Waals surface area contributed by atoms with Crippen molar-refractivity contribution < 1.29 is 4.74 Å². The van der Waals surface area contributed by atoms with Crippen LogP contribution in [0.4, 0.5) is 0 Å². The maximum absolute atomic E-state index is 6.14. The Kier molecular flexibility index (Phi) is 4.37. The highest BCUT2D eigenvalue weighted by Crippen LogP contribution is 2.42. The Bertz CT molecular complexity index is 661. The van der Waals surface area contributed by atoms with Gasteiger partial charge in [0.15, 0.2) is 0 Å². The second-order valence-corrected chi connectivity index (χ2v) is 7.39. The van der Waals surface area contributed by atoms with Crippen molar-refractivity contribution in [2.45, 2.75) is 38.3 Å². The summed E-state index contributed by atoms with van der Waals surface area (Å²) < 4.78 is 8.25. The van der Waals surface area contributed by atoms with E-state index in [0.717, 1.165) is 44.2 Å². The van der Waals surface area contributed by atoms with Gasteiger partial charge in [-0.3, -0.25) is 9.88 Å². The van der Waals surface area contributed by atoms with Gasteiger partial charge in [0.25, 0.3) is 0 Å². The first-order valence-electron chi connectivity index (χ1n) is 8.93. The Morgan fingerprint density at radius 1 is 1.21 bits per heavy atom. The Morgan fingerprint density at radius 3 is 2.79 bits per heavy atom. The lowest BCUT2D eigenvalue weighted by Crippen LogP contribution is -2.40. The molecule has 5 heteroatoms. The molecule has 0 aromatic carbocycles. The molecule has 1 unspecified atom stereocenters. The highest BCUT2D eigenvalue weighted by atomic mass is 16.5. The van der Waals surface area contributed by atoms with Crippen LogP contribution in [0.2, 0.25) is 0 Å². The molecule has 2 saturated heterocycles. The predicted molar refractivity (Wildman–Crippen MR) is 92.5 cm³/mol. The van der Waals surface area contributed by atoms with Crippen LogP contribution in [0.5, 0.6) is 0 Å². The third kappa shape index (κ3) is 3.37. The van der Waals surface area contributed by atoms with Gasteiger partial charge in [0.2, 0.25) is 0 Å². The van der Waals surface area contributed by atoms with Gasteiger partial charge >= 0.3 is 0 Å². The summed E-state index contributed by atoms with van der Waals surface area (Å²) in [7, 11) is 2.07. The summed E-state index contributed by atoms with van der Waals surface area (Å²) in [6.07, 6.45) is 10.7. The molecule has 0 amide bonds. The highest BCUT2D eigenvalue weighted by Gasteiger charge is 2.42. The topological polar surface area (TPSA) is 43.2 Å². The van der Waals surface area contributed by atoms with E-state index in [0.29, 0.717) is 11.5 Å². The molecule has 0 saturated carbocycles. The fourth-order valence-electron chi connectivity index (χ4n) is 4.06. The maximum atomic E-state index is 6.14. The van der Waals surface area contributed by atoms with Gasteiger partial charge in [-0.25, -0.2) is 4.98 Å². The van der Waals surface area contributed by atoms with Crippen molar-refractivity contribution >= 4 is 0 Å². The number of aromatic nitrogens is 3. The van der Waals surface area contributed by atoms with Gasteiger partial charge in [-0.05, 0) is 49.9 Å². The van der Waals surface area contributed by atoms with Gasteiger partial charge in [-0.2, -0.15) is 0 Å². The number of hydrogen-bond donors (Lipinski definition) is 0. The highest BCUT2D eigenvalue weighted by molar-refractivity contribution is 5.06. The van der Waals surface area contributed by atoms with Crippen molar-refractivity contribution in [1.82, 2.24) is 19.4 Å². The first-order chi connectivity index (χ1) is 11.7. The van der Waals surface area contributed by atoms with Crippen LogP contribution in [0.15, 0.2) is 36.8 Å². The molecule has 0 radical (unpaired) electrons. The van der Waals surface area contributed by atoms with E-state index in [1.807, 2.05) is 24.7 Å². The lowest BCUT2D eigenvalue weighted by Gasteiger charge is -2.38. The van der Waals surface area contributed by atoms with Gasteiger partial charge in [0, 0.05) is 37.8 Å². The molecule has 0 bridgehead atoms. The molecule has 2 aliphatic rings. The minimum atomic E-state index is 0.334. The summed E-state index contributed by atoms with van der Waals surface area (Å²) in [4.78, 5) is 11.4. The van der Waals surface area contributed by atoms with Crippen LogP contribution in [0, 0.1) is 5.41 Å². The van der Waals surface area contributed by atoms with Crippen LogP contribution in [-0.4, -0.2) is 45.2 Å². The standard InChI is InChI=1S/C19H26N4O/c1-22-11-8-21-18(22)14-23-9-5-19(6-10-23)13-17(24-15-19)12-16-4-2-3-7-20-16/h2-4,7-8,11,17H,5-6,9-10,12-15H2,1H3. The van der Waals surface area contributed by atoms with E-state index in [2.05, 4.69) is 38.6 Å². The monoisotopic (exact) mass is 326 g/mol. The van der Waals surface area contributed by atoms with Crippen molar-refractivity contribution in [1.29, 1.82) is 0 Å². The summed E-state index contributed by atoms with van der Waals surface area (Å²) in [5, 5.41) is 0. The van der Waals surface area contributed by atoms with E-state index in [9.17, 15) is 0 Å².